The first-order valence-electron chi connectivity index (χ1n) is 12.8. The fraction of sp³-hybridized carbons (Fsp3) is 0.370. The molecule has 3 aromatic rings. The van der Waals surface area contributed by atoms with Crippen LogP contribution in [0.4, 0.5) is 28.8 Å². The quantitative estimate of drug-likeness (QED) is 0.309. The third-order valence-electron chi connectivity index (χ3n) is 6.59. The second-order valence-electron chi connectivity index (χ2n) is 9.51. The van der Waals surface area contributed by atoms with E-state index in [9.17, 15) is 13.2 Å². The van der Waals surface area contributed by atoms with Gasteiger partial charge in [0, 0.05) is 30.8 Å². The van der Waals surface area contributed by atoms with Crippen LogP contribution in [0.1, 0.15) is 33.6 Å². The highest BCUT2D eigenvalue weighted by Gasteiger charge is 2.25. The van der Waals surface area contributed by atoms with Gasteiger partial charge < -0.3 is 26.0 Å². The van der Waals surface area contributed by atoms with E-state index in [-0.39, 0.29) is 33.5 Å². The maximum atomic E-state index is 12.9. The Morgan fingerprint density at radius 3 is 2.54 bits per heavy atom. The SMILES string of the molecule is CCOc1cc(N2CCC(C(N)=O)CC2)ccc1Nc1ncc(Cl)c(Nc2ccccc2S(=O)(=O)C(C)C)n1. The number of hydrogen-bond donors (Lipinski definition) is 3. The molecule has 1 saturated heterocycles. The van der Waals surface area contributed by atoms with E-state index < -0.39 is 15.1 Å². The maximum Gasteiger partial charge on any atom is 0.229 e. The van der Waals surface area contributed by atoms with Crippen LogP contribution >= 0.6 is 11.6 Å². The number of carbonyl (C=O) groups excluding carboxylic acids is 1. The van der Waals surface area contributed by atoms with Gasteiger partial charge >= 0.3 is 0 Å². The smallest absolute Gasteiger partial charge is 0.229 e. The molecular formula is C27H33ClN6O4S. The predicted octanol–water partition coefficient (Wildman–Crippen LogP) is 4.90. The number of nitrogens with two attached hydrogens (primary N) is 1. The number of benzene rings is 2. The van der Waals surface area contributed by atoms with E-state index >= 15 is 0 Å². The van der Waals surface area contributed by atoms with Gasteiger partial charge in [-0.25, -0.2) is 13.4 Å². The van der Waals surface area contributed by atoms with Gasteiger partial charge in [-0.1, -0.05) is 23.7 Å². The minimum Gasteiger partial charge on any atom is -0.492 e. The van der Waals surface area contributed by atoms with Crippen molar-refractivity contribution in [2.24, 2.45) is 11.7 Å². The summed E-state index contributed by atoms with van der Waals surface area (Å²) in [4.78, 5) is 22.7. The van der Waals surface area contributed by atoms with Crippen molar-refractivity contribution in [1.82, 2.24) is 9.97 Å². The van der Waals surface area contributed by atoms with Crippen molar-refractivity contribution < 1.29 is 17.9 Å². The molecule has 2 heterocycles. The van der Waals surface area contributed by atoms with Gasteiger partial charge in [0.15, 0.2) is 15.7 Å². The van der Waals surface area contributed by atoms with Crippen LogP contribution in [0.3, 0.4) is 0 Å². The van der Waals surface area contributed by atoms with Gasteiger partial charge in [-0.15, -0.1) is 0 Å². The molecule has 2 aromatic carbocycles. The summed E-state index contributed by atoms with van der Waals surface area (Å²) in [6, 6.07) is 12.4. The van der Waals surface area contributed by atoms with Gasteiger partial charge in [-0.3, -0.25) is 4.79 Å². The number of amides is 1. The highest BCUT2D eigenvalue weighted by molar-refractivity contribution is 7.92. The number of rotatable bonds is 10. The Bertz CT molecular complexity index is 1440. The number of sulfone groups is 1. The lowest BCUT2D eigenvalue weighted by Gasteiger charge is -2.32. The van der Waals surface area contributed by atoms with E-state index in [1.807, 2.05) is 25.1 Å². The van der Waals surface area contributed by atoms with E-state index in [2.05, 4.69) is 25.5 Å². The highest BCUT2D eigenvalue weighted by atomic mass is 35.5. The molecule has 0 saturated carbocycles. The summed E-state index contributed by atoms with van der Waals surface area (Å²) < 4.78 is 31.6. The van der Waals surface area contributed by atoms with Crippen LogP contribution in [0.5, 0.6) is 5.75 Å². The summed E-state index contributed by atoms with van der Waals surface area (Å²) in [5.41, 5.74) is 7.48. The van der Waals surface area contributed by atoms with Gasteiger partial charge in [0.2, 0.25) is 11.9 Å². The average Bonchev–Trinajstić information content (AvgIpc) is 2.92. The normalized spacial score (nSPS) is 14.3. The Labute approximate surface area is 233 Å². The zero-order valence-electron chi connectivity index (χ0n) is 22.1. The monoisotopic (exact) mass is 572 g/mol. The summed E-state index contributed by atoms with van der Waals surface area (Å²) in [7, 11) is -3.54. The number of primary amides is 1. The molecule has 1 amide bonds. The number of ether oxygens (including phenoxy) is 1. The maximum absolute atomic E-state index is 12.9. The van der Waals surface area contributed by atoms with Gasteiger partial charge in [0.1, 0.15) is 10.8 Å². The summed E-state index contributed by atoms with van der Waals surface area (Å²) >= 11 is 6.37. The summed E-state index contributed by atoms with van der Waals surface area (Å²) in [5.74, 6) is 0.796. The standard InChI is InChI=1S/C27H33ClN6O4S/c1-4-38-23-15-19(34-13-11-18(12-14-34)25(29)35)9-10-21(23)32-27-30-16-20(28)26(33-27)31-22-7-5-6-8-24(22)39(36,37)17(2)3/h5-10,15-18H,4,11-14H2,1-3H3,(H2,29,35)(H2,30,31,32,33). The van der Waals surface area contributed by atoms with Crippen LogP contribution in [0, 0.1) is 5.92 Å². The number of aromatic nitrogens is 2. The average molecular weight is 573 g/mol. The van der Waals surface area contributed by atoms with E-state index in [4.69, 9.17) is 22.1 Å². The molecule has 1 fully saturated rings. The molecule has 208 valence electrons. The molecule has 0 radical (unpaired) electrons. The van der Waals surface area contributed by atoms with E-state index in [1.54, 1.807) is 38.1 Å². The Kier molecular flexibility index (Phi) is 8.81. The van der Waals surface area contributed by atoms with Crippen LogP contribution in [0.15, 0.2) is 53.6 Å². The molecule has 4 N–H and O–H groups in total. The van der Waals surface area contributed by atoms with Crippen LogP contribution in [0.2, 0.25) is 5.02 Å². The Morgan fingerprint density at radius 1 is 1.15 bits per heavy atom. The van der Waals surface area contributed by atoms with Gasteiger partial charge in [0.25, 0.3) is 0 Å². The third-order valence-corrected chi connectivity index (χ3v) is 9.07. The lowest BCUT2D eigenvalue weighted by atomic mass is 9.96. The number of anilines is 5. The van der Waals surface area contributed by atoms with Crippen LogP contribution in [0.25, 0.3) is 0 Å². The molecule has 0 bridgehead atoms. The first-order chi connectivity index (χ1) is 18.6. The molecule has 4 rings (SSSR count). The molecular weight excluding hydrogens is 540 g/mol. The second kappa shape index (κ2) is 12.1. The van der Waals surface area contributed by atoms with Crippen LogP contribution in [-0.4, -0.2) is 49.2 Å². The van der Waals surface area contributed by atoms with Gasteiger partial charge in [-0.05, 0) is 57.9 Å². The lowest BCUT2D eigenvalue weighted by molar-refractivity contribution is -0.122. The Balaban J connectivity index is 1.57. The molecule has 1 aliphatic rings. The number of nitrogens with one attached hydrogen (secondary N) is 2. The number of halogens is 1. The summed E-state index contributed by atoms with van der Waals surface area (Å²) in [6.45, 7) is 7.09. The molecule has 10 nitrogen and oxygen atoms in total. The van der Waals surface area contributed by atoms with Gasteiger partial charge in [-0.2, -0.15) is 4.98 Å². The highest BCUT2D eigenvalue weighted by Crippen LogP contribution is 2.35. The molecule has 0 atom stereocenters. The van der Waals surface area contributed by atoms with E-state index in [1.165, 1.54) is 6.20 Å². The zero-order valence-corrected chi connectivity index (χ0v) is 23.7. The summed E-state index contributed by atoms with van der Waals surface area (Å²) in [6.07, 6.45) is 2.88. The molecule has 12 heteroatoms. The van der Waals surface area contributed by atoms with E-state index in [0.29, 0.717) is 23.7 Å². The summed E-state index contributed by atoms with van der Waals surface area (Å²) in [5, 5.41) is 5.88. The van der Waals surface area contributed by atoms with E-state index in [0.717, 1.165) is 31.6 Å². The van der Waals surface area contributed by atoms with Gasteiger partial charge in [0.05, 0.1) is 34.3 Å². The number of para-hydroxylation sites is 1. The minimum absolute atomic E-state index is 0.0872. The first-order valence-corrected chi connectivity index (χ1v) is 14.7. The molecule has 1 aliphatic heterocycles. The van der Waals surface area contributed by atoms with Crippen molar-refractivity contribution in [2.75, 3.05) is 35.2 Å². The number of hydrogen-bond acceptors (Lipinski definition) is 9. The lowest BCUT2D eigenvalue weighted by Crippen LogP contribution is -2.38. The largest absolute Gasteiger partial charge is 0.492 e. The topological polar surface area (TPSA) is 140 Å². The predicted molar refractivity (Wildman–Crippen MR) is 154 cm³/mol. The van der Waals surface area contributed by atoms with Crippen molar-refractivity contribution in [1.29, 1.82) is 0 Å². The second-order valence-corrected chi connectivity index (χ2v) is 12.4. The van der Waals surface area contributed by atoms with Crippen molar-refractivity contribution in [3.63, 3.8) is 0 Å². The van der Waals surface area contributed by atoms with Crippen molar-refractivity contribution in [3.05, 3.63) is 53.7 Å². The molecule has 0 spiro atoms. The molecule has 39 heavy (non-hydrogen) atoms. The number of piperidine rings is 1. The fourth-order valence-corrected chi connectivity index (χ4v) is 5.68. The van der Waals surface area contributed by atoms with Crippen molar-refractivity contribution in [3.8, 4) is 5.75 Å². The minimum atomic E-state index is -3.54. The third kappa shape index (κ3) is 6.54. The fourth-order valence-electron chi connectivity index (χ4n) is 4.34. The molecule has 0 unspecified atom stereocenters. The van der Waals surface area contributed by atoms with Crippen LogP contribution in [-0.2, 0) is 14.6 Å². The van der Waals surface area contributed by atoms with Crippen molar-refractivity contribution in [2.45, 2.75) is 43.8 Å². The van der Waals surface area contributed by atoms with Crippen molar-refractivity contribution >= 4 is 56.2 Å². The molecule has 1 aromatic heterocycles. The Morgan fingerprint density at radius 2 is 1.87 bits per heavy atom. The Hall–Kier alpha value is -3.57. The molecule has 0 aliphatic carbocycles. The number of nitrogens with zero attached hydrogens (tertiary/aromatic N) is 3. The number of carbonyl (C=O) groups is 1. The van der Waals surface area contributed by atoms with Crippen LogP contribution < -0.4 is 26.0 Å². The first kappa shape index (κ1) is 28.4. The zero-order chi connectivity index (χ0) is 28.2.